The first-order valence-electron chi connectivity index (χ1n) is 9.40. The predicted molar refractivity (Wildman–Crippen MR) is 98.8 cm³/mol. The predicted octanol–water partition coefficient (Wildman–Crippen LogP) is 2.02. The molecule has 1 spiro atoms. The Labute approximate surface area is 157 Å². The van der Waals surface area contributed by atoms with Crippen molar-refractivity contribution >= 4 is 17.5 Å². The number of aliphatic hydroxyl groups is 1. The first-order chi connectivity index (χ1) is 13.1. The average Bonchev–Trinajstić information content (AvgIpc) is 3.19. The molecule has 138 valence electrons. The van der Waals surface area contributed by atoms with Crippen LogP contribution in [0.4, 0.5) is 5.69 Å². The van der Waals surface area contributed by atoms with Gasteiger partial charge in [-0.15, -0.1) is 0 Å². The number of aliphatic hydroxyl groups excluding tert-OH is 1. The maximum atomic E-state index is 13.2. The van der Waals surface area contributed by atoms with Gasteiger partial charge in [-0.3, -0.25) is 14.6 Å². The molecular weight excluding hydrogens is 342 g/mol. The number of anilines is 1. The van der Waals surface area contributed by atoms with Gasteiger partial charge in [0.25, 0.3) is 0 Å². The van der Waals surface area contributed by atoms with Crippen molar-refractivity contribution < 1.29 is 14.7 Å². The Morgan fingerprint density at radius 3 is 2.78 bits per heavy atom. The molecule has 2 aliphatic heterocycles. The molecule has 3 heterocycles. The number of rotatable bonds is 2. The van der Waals surface area contributed by atoms with Crippen molar-refractivity contribution in [3.05, 3.63) is 59.9 Å². The van der Waals surface area contributed by atoms with Gasteiger partial charge in [-0.25, -0.2) is 0 Å². The molecule has 5 rings (SSSR count). The van der Waals surface area contributed by atoms with E-state index in [2.05, 4.69) is 10.3 Å². The number of likely N-dealkylation sites (tertiary alicyclic amines) is 1. The van der Waals surface area contributed by atoms with Crippen LogP contribution in [-0.2, 0) is 15.0 Å². The van der Waals surface area contributed by atoms with Crippen molar-refractivity contribution in [3.8, 4) is 0 Å². The third-order valence-electron chi connectivity index (χ3n) is 6.33. The summed E-state index contributed by atoms with van der Waals surface area (Å²) in [5.74, 6) is -0.182. The number of pyridine rings is 1. The monoisotopic (exact) mass is 363 g/mol. The van der Waals surface area contributed by atoms with Gasteiger partial charge in [-0.1, -0.05) is 24.3 Å². The minimum absolute atomic E-state index is 0.0307. The van der Waals surface area contributed by atoms with Crippen LogP contribution in [0.2, 0.25) is 0 Å². The molecule has 1 saturated carbocycles. The van der Waals surface area contributed by atoms with Crippen LogP contribution < -0.4 is 5.32 Å². The smallest absolute Gasteiger partial charge is 0.237 e. The van der Waals surface area contributed by atoms with Gasteiger partial charge in [-0.2, -0.15) is 0 Å². The second kappa shape index (κ2) is 5.89. The van der Waals surface area contributed by atoms with Gasteiger partial charge >= 0.3 is 0 Å². The van der Waals surface area contributed by atoms with Crippen LogP contribution in [0, 0.1) is 5.92 Å². The Bertz CT molecular complexity index is 910. The van der Waals surface area contributed by atoms with Crippen LogP contribution in [0.25, 0.3) is 0 Å². The number of hydrogen-bond donors (Lipinski definition) is 2. The summed E-state index contributed by atoms with van der Waals surface area (Å²) >= 11 is 0. The lowest BCUT2D eigenvalue weighted by atomic mass is 9.72. The zero-order valence-electron chi connectivity index (χ0n) is 14.8. The number of aromatic nitrogens is 1. The van der Waals surface area contributed by atoms with Crippen molar-refractivity contribution in [1.82, 2.24) is 9.88 Å². The molecule has 2 atom stereocenters. The number of carbonyl (C=O) groups is 2. The summed E-state index contributed by atoms with van der Waals surface area (Å²) in [7, 11) is 0. The van der Waals surface area contributed by atoms with Gasteiger partial charge in [0.2, 0.25) is 11.8 Å². The number of nitrogens with zero attached hydrogens (tertiary/aromatic N) is 2. The fourth-order valence-electron chi connectivity index (χ4n) is 4.95. The first kappa shape index (κ1) is 16.4. The molecular formula is C21H21N3O3. The van der Waals surface area contributed by atoms with Crippen LogP contribution in [0.15, 0.2) is 48.8 Å². The number of carbonyl (C=O) groups excluding carboxylic acids is 2. The Morgan fingerprint density at radius 2 is 2.04 bits per heavy atom. The van der Waals surface area contributed by atoms with E-state index >= 15 is 0 Å². The number of hydrogen-bond acceptors (Lipinski definition) is 4. The Morgan fingerprint density at radius 1 is 1.22 bits per heavy atom. The van der Waals surface area contributed by atoms with Crippen molar-refractivity contribution in [2.75, 3.05) is 11.9 Å². The minimum Gasteiger partial charge on any atom is -0.393 e. The molecule has 0 bridgehead atoms. The topological polar surface area (TPSA) is 82.5 Å². The number of nitrogens with one attached hydrogen (secondary N) is 1. The molecule has 6 nitrogen and oxygen atoms in total. The summed E-state index contributed by atoms with van der Waals surface area (Å²) in [6.07, 6.45) is 4.65. The van der Waals surface area contributed by atoms with Crippen molar-refractivity contribution in [2.45, 2.75) is 36.8 Å². The third kappa shape index (κ3) is 2.26. The van der Waals surface area contributed by atoms with Gasteiger partial charge in [0.15, 0.2) is 0 Å². The molecule has 27 heavy (non-hydrogen) atoms. The zero-order valence-corrected chi connectivity index (χ0v) is 14.8. The van der Waals surface area contributed by atoms with E-state index < -0.39 is 5.41 Å². The number of fused-ring (bicyclic) bond motifs is 2. The van der Waals surface area contributed by atoms with E-state index in [1.165, 1.54) is 0 Å². The quantitative estimate of drug-likeness (QED) is 0.855. The van der Waals surface area contributed by atoms with Crippen LogP contribution >= 0.6 is 0 Å². The van der Waals surface area contributed by atoms with E-state index in [0.29, 0.717) is 25.8 Å². The second-order valence-corrected chi connectivity index (χ2v) is 7.76. The highest BCUT2D eigenvalue weighted by Crippen LogP contribution is 2.55. The van der Waals surface area contributed by atoms with Crippen molar-refractivity contribution in [2.24, 2.45) is 5.92 Å². The van der Waals surface area contributed by atoms with Crippen molar-refractivity contribution in [1.29, 1.82) is 0 Å². The molecule has 2 aromatic rings. The van der Waals surface area contributed by atoms with Crippen molar-refractivity contribution in [3.63, 3.8) is 0 Å². The van der Waals surface area contributed by atoms with E-state index in [1.807, 2.05) is 41.3 Å². The highest BCUT2D eigenvalue weighted by atomic mass is 16.3. The van der Waals surface area contributed by atoms with Crippen LogP contribution in [-0.4, -0.2) is 39.5 Å². The molecule has 1 saturated heterocycles. The largest absolute Gasteiger partial charge is 0.393 e. The Balaban J connectivity index is 1.62. The van der Waals surface area contributed by atoms with Gasteiger partial charge in [-0.05, 0) is 42.5 Å². The van der Waals surface area contributed by atoms with E-state index in [1.54, 1.807) is 12.4 Å². The van der Waals surface area contributed by atoms with Gasteiger partial charge in [0.05, 0.1) is 12.1 Å². The molecule has 3 aliphatic rings. The zero-order chi connectivity index (χ0) is 18.6. The van der Waals surface area contributed by atoms with Gasteiger partial charge in [0.1, 0.15) is 5.41 Å². The number of amides is 2. The fourth-order valence-corrected chi connectivity index (χ4v) is 4.95. The molecule has 1 aliphatic carbocycles. The highest BCUT2D eigenvalue weighted by Gasteiger charge is 2.60. The third-order valence-corrected chi connectivity index (χ3v) is 6.33. The molecule has 1 aromatic carbocycles. The molecule has 1 aromatic heterocycles. The Kier molecular flexibility index (Phi) is 3.59. The van der Waals surface area contributed by atoms with Crippen LogP contribution in [0.1, 0.15) is 36.4 Å². The summed E-state index contributed by atoms with van der Waals surface area (Å²) in [6.45, 7) is 0.521. The number of para-hydroxylation sites is 1. The molecule has 2 N–H and O–H groups in total. The lowest BCUT2D eigenvalue weighted by Crippen LogP contribution is -2.47. The van der Waals surface area contributed by atoms with Gasteiger partial charge < -0.3 is 15.3 Å². The minimum atomic E-state index is -0.794. The summed E-state index contributed by atoms with van der Waals surface area (Å²) in [4.78, 5) is 32.5. The highest BCUT2D eigenvalue weighted by molar-refractivity contribution is 6.07. The molecule has 6 heteroatoms. The summed E-state index contributed by atoms with van der Waals surface area (Å²) in [5.41, 5.74) is 1.85. The van der Waals surface area contributed by atoms with E-state index in [4.69, 9.17) is 0 Å². The molecule has 2 unspecified atom stereocenters. The normalized spacial score (nSPS) is 31.5. The fraction of sp³-hybridized carbons (Fsp3) is 0.381. The second-order valence-electron chi connectivity index (χ2n) is 7.76. The summed E-state index contributed by atoms with van der Waals surface area (Å²) in [6, 6.07) is 11.1. The van der Waals surface area contributed by atoms with Crippen LogP contribution in [0.5, 0.6) is 0 Å². The van der Waals surface area contributed by atoms with E-state index in [-0.39, 0.29) is 29.9 Å². The van der Waals surface area contributed by atoms with E-state index in [9.17, 15) is 14.7 Å². The molecule has 0 radical (unpaired) electrons. The van der Waals surface area contributed by atoms with Crippen LogP contribution in [0.3, 0.4) is 0 Å². The van der Waals surface area contributed by atoms with Gasteiger partial charge in [0, 0.05) is 30.5 Å². The number of benzene rings is 1. The summed E-state index contributed by atoms with van der Waals surface area (Å²) < 4.78 is 0. The molecule has 2 fully saturated rings. The Hall–Kier alpha value is -2.73. The maximum Gasteiger partial charge on any atom is 0.237 e. The summed E-state index contributed by atoms with van der Waals surface area (Å²) in [5, 5.41) is 12.6. The lowest BCUT2D eigenvalue weighted by Gasteiger charge is -2.38. The standard InChI is InChI=1S/C21H21N3O3/c25-15-10-14(11-15)19(26)24-9-7-21(18(24)13-4-3-8-22-12-13)16-5-1-2-6-17(16)23-20(21)27/h1-6,8,12,14-15,18,25H,7,9-11H2,(H,23,27). The lowest BCUT2D eigenvalue weighted by molar-refractivity contribution is -0.144. The average molecular weight is 363 g/mol. The maximum absolute atomic E-state index is 13.2. The molecule has 2 amide bonds. The van der Waals surface area contributed by atoms with E-state index in [0.717, 1.165) is 16.8 Å². The SMILES string of the molecule is O=C(C1CC(O)C1)N1CCC2(C(=O)Nc3ccccc32)C1c1cccnc1. The first-order valence-corrected chi connectivity index (χ1v) is 9.40.